The van der Waals surface area contributed by atoms with Crippen LogP contribution in [0.4, 0.5) is 4.39 Å². The molecular weight excluding hydrogens is 359 g/mol. The topological polar surface area (TPSA) is 56.7 Å². The van der Waals surface area contributed by atoms with E-state index >= 15 is 0 Å². The lowest BCUT2D eigenvalue weighted by Crippen LogP contribution is -1.96. The standard InChI is InChI=1S/C17H13FN4OS2/c1-22-16(12-5-2-3-6-13(12)18)19-20-17(22)25-10-11-9-14(23-21-11)15-7-4-8-24-15/h2-9H,10H2,1H3. The summed E-state index contributed by atoms with van der Waals surface area (Å²) >= 11 is 3.09. The van der Waals surface area contributed by atoms with Gasteiger partial charge in [0.25, 0.3) is 0 Å². The second-order valence-electron chi connectivity index (χ2n) is 5.29. The van der Waals surface area contributed by atoms with E-state index in [9.17, 15) is 4.39 Å². The summed E-state index contributed by atoms with van der Waals surface area (Å²) in [4.78, 5) is 1.05. The van der Waals surface area contributed by atoms with Gasteiger partial charge in [0.1, 0.15) is 5.82 Å². The lowest BCUT2D eigenvalue weighted by atomic mass is 10.2. The second kappa shape index (κ2) is 6.81. The van der Waals surface area contributed by atoms with Gasteiger partial charge in [0.15, 0.2) is 16.7 Å². The number of halogens is 1. The maximum Gasteiger partial charge on any atom is 0.191 e. The molecular formula is C17H13FN4OS2. The molecule has 0 aliphatic heterocycles. The number of thioether (sulfide) groups is 1. The zero-order valence-electron chi connectivity index (χ0n) is 13.2. The molecule has 5 nitrogen and oxygen atoms in total. The van der Waals surface area contributed by atoms with Crippen molar-refractivity contribution in [3.63, 3.8) is 0 Å². The summed E-state index contributed by atoms with van der Waals surface area (Å²) in [5, 5.41) is 15.1. The van der Waals surface area contributed by atoms with Crippen LogP contribution in [0.1, 0.15) is 5.69 Å². The summed E-state index contributed by atoms with van der Waals surface area (Å²) < 4.78 is 21.1. The maximum atomic E-state index is 13.9. The molecule has 0 aliphatic rings. The third kappa shape index (κ3) is 3.22. The van der Waals surface area contributed by atoms with Crippen molar-refractivity contribution in [3.8, 4) is 22.0 Å². The SMILES string of the molecule is Cn1c(SCc2cc(-c3cccs3)on2)nnc1-c1ccccc1F. The van der Waals surface area contributed by atoms with Gasteiger partial charge in [0.2, 0.25) is 0 Å². The summed E-state index contributed by atoms with van der Waals surface area (Å²) in [6.45, 7) is 0. The zero-order chi connectivity index (χ0) is 17.2. The van der Waals surface area contributed by atoms with Gasteiger partial charge < -0.3 is 9.09 Å². The summed E-state index contributed by atoms with van der Waals surface area (Å²) in [5.74, 6) is 1.54. The van der Waals surface area contributed by atoms with Gasteiger partial charge in [-0.25, -0.2) is 4.39 Å². The average Bonchev–Trinajstić information content (AvgIpc) is 3.35. The van der Waals surface area contributed by atoms with Gasteiger partial charge >= 0.3 is 0 Å². The molecule has 8 heteroatoms. The first kappa shape index (κ1) is 16.0. The van der Waals surface area contributed by atoms with Crippen LogP contribution in [0.15, 0.2) is 57.5 Å². The molecule has 0 radical (unpaired) electrons. The predicted molar refractivity (Wildman–Crippen MR) is 95.8 cm³/mol. The van der Waals surface area contributed by atoms with Crippen LogP contribution in [0.5, 0.6) is 0 Å². The molecule has 0 bridgehead atoms. The third-order valence-corrected chi connectivity index (χ3v) is 5.56. The van der Waals surface area contributed by atoms with E-state index in [1.807, 2.05) is 30.6 Å². The van der Waals surface area contributed by atoms with E-state index in [1.165, 1.54) is 17.8 Å². The summed E-state index contributed by atoms with van der Waals surface area (Å²) in [6.07, 6.45) is 0. The molecule has 0 aliphatic carbocycles. The molecule has 4 aromatic rings. The lowest BCUT2D eigenvalue weighted by molar-refractivity contribution is 0.427. The van der Waals surface area contributed by atoms with Crippen molar-refractivity contribution < 1.29 is 8.91 Å². The number of benzene rings is 1. The van der Waals surface area contributed by atoms with Crippen LogP contribution in [-0.4, -0.2) is 19.9 Å². The van der Waals surface area contributed by atoms with E-state index < -0.39 is 0 Å². The Bertz CT molecular complexity index is 994. The van der Waals surface area contributed by atoms with Crippen molar-refractivity contribution in [2.45, 2.75) is 10.9 Å². The minimum absolute atomic E-state index is 0.313. The fraction of sp³-hybridized carbons (Fsp3) is 0.118. The Labute approximate surface area is 151 Å². The number of hydrogen-bond acceptors (Lipinski definition) is 6. The van der Waals surface area contributed by atoms with E-state index in [2.05, 4.69) is 15.4 Å². The molecule has 3 heterocycles. The first-order valence-corrected chi connectivity index (χ1v) is 9.35. The van der Waals surface area contributed by atoms with Crippen LogP contribution < -0.4 is 0 Å². The summed E-state index contributed by atoms with van der Waals surface area (Å²) in [7, 11) is 1.82. The number of nitrogens with zero attached hydrogens (tertiary/aromatic N) is 4. The Morgan fingerprint density at radius 2 is 2.08 bits per heavy atom. The van der Waals surface area contributed by atoms with Crippen molar-refractivity contribution in [2.75, 3.05) is 0 Å². The molecule has 3 aromatic heterocycles. The van der Waals surface area contributed by atoms with Gasteiger partial charge in [-0.15, -0.1) is 21.5 Å². The lowest BCUT2D eigenvalue weighted by Gasteiger charge is -2.03. The van der Waals surface area contributed by atoms with Gasteiger partial charge in [0, 0.05) is 18.9 Å². The number of aromatic nitrogens is 4. The van der Waals surface area contributed by atoms with Crippen LogP contribution >= 0.6 is 23.1 Å². The second-order valence-corrected chi connectivity index (χ2v) is 7.18. The van der Waals surface area contributed by atoms with Gasteiger partial charge in [0.05, 0.1) is 16.1 Å². The Morgan fingerprint density at radius 1 is 1.20 bits per heavy atom. The van der Waals surface area contributed by atoms with Gasteiger partial charge in [-0.05, 0) is 23.6 Å². The maximum absolute atomic E-state index is 13.9. The minimum atomic E-state index is -0.313. The average molecular weight is 372 g/mol. The predicted octanol–water partition coefficient (Wildman–Crippen LogP) is 4.63. The highest BCUT2D eigenvalue weighted by Gasteiger charge is 2.15. The summed E-state index contributed by atoms with van der Waals surface area (Å²) in [5.41, 5.74) is 1.26. The highest BCUT2D eigenvalue weighted by molar-refractivity contribution is 7.98. The van der Waals surface area contributed by atoms with Crippen molar-refractivity contribution >= 4 is 23.1 Å². The van der Waals surface area contributed by atoms with Crippen molar-refractivity contribution in [1.82, 2.24) is 19.9 Å². The van der Waals surface area contributed by atoms with E-state index in [4.69, 9.17) is 4.52 Å². The van der Waals surface area contributed by atoms with Crippen LogP contribution in [-0.2, 0) is 12.8 Å². The third-order valence-electron chi connectivity index (χ3n) is 3.62. The van der Waals surface area contributed by atoms with Gasteiger partial charge in [-0.3, -0.25) is 0 Å². The van der Waals surface area contributed by atoms with Crippen LogP contribution in [0.25, 0.3) is 22.0 Å². The van der Waals surface area contributed by atoms with Crippen molar-refractivity contribution in [2.24, 2.45) is 7.05 Å². The Hall–Kier alpha value is -2.45. The number of thiophene rings is 1. The molecule has 0 fully saturated rings. The number of hydrogen-bond donors (Lipinski definition) is 0. The molecule has 0 unspecified atom stereocenters. The molecule has 1 aromatic carbocycles. The highest BCUT2D eigenvalue weighted by Crippen LogP contribution is 2.29. The largest absolute Gasteiger partial charge is 0.355 e. The first-order chi connectivity index (χ1) is 12.2. The fourth-order valence-corrected chi connectivity index (χ4v) is 3.84. The minimum Gasteiger partial charge on any atom is -0.355 e. The van der Waals surface area contributed by atoms with Crippen LogP contribution in [0, 0.1) is 5.82 Å². The molecule has 0 saturated carbocycles. The van der Waals surface area contributed by atoms with Gasteiger partial charge in [-0.2, -0.15) is 0 Å². The molecule has 126 valence electrons. The highest BCUT2D eigenvalue weighted by atomic mass is 32.2. The van der Waals surface area contributed by atoms with Crippen molar-refractivity contribution in [1.29, 1.82) is 0 Å². The molecule has 0 atom stereocenters. The Morgan fingerprint density at radius 3 is 2.88 bits per heavy atom. The molecule has 0 spiro atoms. The fourth-order valence-electron chi connectivity index (χ4n) is 2.37. The smallest absolute Gasteiger partial charge is 0.191 e. The van der Waals surface area contributed by atoms with E-state index in [0.717, 1.165) is 16.3 Å². The quantitative estimate of drug-likeness (QED) is 0.478. The monoisotopic (exact) mass is 372 g/mol. The first-order valence-electron chi connectivity index (χ1n) is 7.49. The molecule has 0 saturated heterocycles. The molecule has 25 heavy (non-hydrogen) atoms. The number of rotatable bonds is 5. The van der Waals surface area contributed by atoms with Crippen LogP contribution in [0.2, 0.25) is 0 Å². The molecule has 0 N–H and O–H groups in total. The van der Waals surface area contributed by atoms with E-state index in [1.54, 1.807) is 34.1 Å². The Balaban J connectivity index is 1.50. The van der Waals surface area contributed by atoms with E-state index in [0.29, 0.717) is 22.3 Å². The van der Waals surface area contributed by atoms with E-state index in [-0.39, 0.29) is 5.82 Å². The van der Waals surface area contributed by atoms with Crippen molar-refractivity contribution in [3.05, 3.63) is 59.4 Å². The summed E-state index contributed by atoms with van der Waals surface area (Å²) in [6, 6.07) is 12.4. The Kier molecular flexibility index (Phi) is 4.37. The van der Waals surface area contributed by atoms with Crippen LogP contribution in [0.3, 0.4) is 0 Å². The zero-order valence-corrected chi connectivity index (χ0v) is 14.9. The molecule has 4 rings (SSSR count). The molecule has 0 amide bonds. The normalized spacial score (nSPS) is 11.1. The van der Waals surface area contributed by atoms with Gasteiger partial charge in [-0.1, -0.05) is 35.1 Å².